The lowest BCUT2D eigenvalue weighted by molar-refractivity contribution is -0.137. The van der Waals surface area contributed by atoms with Crippen LogP contribution in [0, 0.1) is 0 Å². The lowest BCUT2D eigenvalue weighted by Gasteiger charge is -2.16. The van der Waals surface area contributed by atoms with Crippen molar-refractivity contribution in [3.63, 3.8) is 0 Å². The monoisotopic (exact) mass is 496 g/mol. The van der Waals surface area contributed by atoms with Crippen molar-refractivity contribution in [1.82, 2.24) is 9.88 Å². The molecular formula is C31H32N2O4. The molecule has 1 N–H and O–H groups in total. The summed E-state index contributed by atoms with van der Waals surface area (Å²) in [6.07, 6.45) is 5.79. The van der Waals surface area contributed by atoms with E-state index in [1.165, 1.54) is 11.6 Å². The highest BCUT2D eigenvalue weighted by Gasteiger charge is 2.19. The molecular weight excluding hydrogens is 464 g/mol. The van der Waals surface area contributed by atoms with Gasteiger partial charge in [-0.3, -0.25) is 4.79 Å². The van der Waals surface area contributed by atoms with Crippen molar-refractivity contribution < 1.29 is 19.1 Å². The summed E-state index contributed by atoms with van der Waals surface area (Å²) >= 11 is 0. The molecule has 0 fully saturated rings. The Morgan fingerprint density at radius 1 is 0.973 bits per heavy atom. The summed E-state index contributed by atoms with van der Waals surface area (Å²) in [4.78, 5) is 25.0. The lowest BCUT2D eigenvalue weighted by Crippen LogP contribution is -2.32. The van der Waals surface area contributed by atoms with Gasteiger partial charge in [0.2, 0.25) is 5.91 Å². The Morgan fingerprint density at radius 2 is 1.68 bits per heavy atom. The van der Waals surface area contributed by atoms with Crippen LogP contribution in [0.3, 0.4) is 0 Å². The molecule has 0 saturated heterocycles. The minimum Gasteiger partial charge on any atom is -0.489 e. The van der Waals surface area contributed by atoms with E-state index in [-0.39, 0.29) is 5.91 Å². The SMILES string of the molecule is CCOC(=O)C=Cc1cn(C(C)C(=O)NCCc2ccccc2)c2cc(OCc3ccccc3)ccc12. The fourth-order valence-electron chi connectivity index (χ4n) is 4.14. The van der Waals surface area contributed by atoms with Crippen LogP contribution in [-0.2, 0) is 27.4 Å². The molecule has 37 heavy (non-hydrogen) atoms. The van der Waals surface area contributed by atoms with Crippen LogP contribution < -0.4 is 10.1 Å². The number of nitrogens with zero attached hydrogens (tertiary/aromatic N) is 1. The van der Waals surface area contributed by atoms with E-state index in [1.54, 1.807) is 13.0 Å². The Kier molecular flexibility index (Phi) is 8.76. The Bertz CT molecular complexity index is 1360. The average molecular weight is 497 g/mol. The molecule has 4 aromatic rings. The Morgan fingerprint density at radius 3 is 2.38 bits per heavy atom. The quantitative estimate of drug-likeness (QED) is 0.213. The van der Waals surface area contributed by atoms with Crippen molar-refractivity contribution in [1.29, 1.82) is 0 Å². The molecule has 0 aliphatic carbocycles. The first kappa shape index (κ1) is 25.8. The summed E-state index contributed by atoms with van der Waals surface area (Å²) < 4.78 is 13.0. The fraction of sp³-hybridized carbons (Fsp3) is 0.226. The first-order valence-corrected chi connectivity index (χ1v) is 12.5. The second kappa shape index (κ2) is 12.6. The minimum absolute atomic E-state index is 0.0793. The largest absolute Gasteiger partial charge is 0.489 e. The Balaban J connectivity index is 1.56. The summed E-state index contributed by atoms with van der Waals surface area (Å²) in [6.45, 7) is 4.94. The van der Waals surface area contributed by atoms with Crippen molar-refractivity contribution in [2.75, 3.05) is 13.2 Å². The third-order valence-electron chi connectivity index (χ3n) is 6.12. The van der Waals surface area contributed by atoms with E-state index in [2.05, 4.69) is 5.32 Å². The molecule has 1 unspecified atom stereocenters. The molecule has 6 nitrogen and oxygen atoms in total. The van der Waals surface area contributed by atoms with Crippen LogP contribution in [0.5, 0.6) is 5.75 Å². The maximum Gasteiger partial charge on any atom is 0.330 e. The van der Waals surface area contributed by atoms with Crippen molar-refractivity contribution in [3.8, 4) is 5.75 Å². The smallest absolute Gasteiger partial charge is 0.330 e. The van der Waals surface area contributed by atoms with Gasteiger partial charge in [-0.25, -0.2) is 4.79 Å². The third-order valence-corrected chi connectivity index (χ3v) is 6.12. The number of amides is 1. The van der Waals surface area contributed by atoms with Gasteiger partial charge in [0.1, 0.15) is 18.4 Å². The Labute approximate surface area is 217 Å². The van der Waals surface area contributed by atoms with Crippen LogP contribution in [0.2, 0.25) is 0 Å². The maximum absolute atomic E-state index is 13.1. The molecule has 1 aromatic heterocycles. The van der Waals surface area contributed by atoms with E-state index < -0.39 is 12.0 Å². The molecule has 0 saturated carbocycles. The van der Waals surface area contributed by atoms with Crippen molar-refractivity contribution in [2.45, 2.75) is 32.9 Å². The van der Waals surface area contributed by atoms with Crippen molar-refractivity contribution in [2.24, 2.45) is 0 Å². The second-order valence-electron chi connectivity index (χ2n) is 8.73. The zero-order chi connectivity index (χ0) is 26.0. The first-order chi connectivity index (χ1) is 18.0. The molecule has 1 heterocycles. The third kappa shape index (κ3) is 6.88. The van der Waals surface area contributed by atoms with Gasteiger partial charge in [0.15, 0.2) is 0 Å². The molecule has 0 aliphatic heterocycles. The first-order valence-electron chi connectivity index (χ1n) is 12.5. The molecule has 190 valence electrons. The lowest BCUT2D eigenvalue weighted by atomic mass is 10.1. The maximum atomic E-state index is 13.1. The highest BCUT2D eigenvalue weighted by Crippen LogP contribution is 2.30. The summed E-state index contributed by atoms with van der Waals surface area (Å²) in [5, 5.41) is 3.96. The van der Waals surface area contributed by atoms with E-state index in [4.69, 9.17) is 9.47 Å². The predicted octanol–water partition coefficient (Wildman–Crippen LogP) is 5.72. The number of benzene rings is 3. The zero-order valence-corrected chi connectivity index (χ0v) is 21.2. The number of esters is 1. The fourth-order valence-corrected chi connectivity index (χ4v) is 4.14. The topological polar surface area (TPSA) is 69.6 Å². The number of hydrogen-bond donors (Lipinski definition) is 1. The number of rotatable bonds is 11. The van der Waals surface area contributed by atoms with Gasteiger partial charge in [0.05, 0.1) is 12.1 Å². The molecule has 1 atom stereocenters. The van der Waals surface area contributed by atoms with E-state index >= 15 is 0 Å². The van der Waals surface area contributed by atoms with Crippen LogP contribution >= 0.6 is 0 Å². The van der Waals surface area contributed by atoms with Gasteiger partial charge in [0.25, 0.3) is 0 Å². The van der Waals surface area contributed by atoms with Gasteiger partial charge in [-0.15, -0.1) is 0 Å². The number of hydrogen-bond acceptors (Lipinski definition) is 4. The molecule has 3 aromatic carbocycles. The second-order valence-corrected chi connectivity index (χ2v) is 8.73. The van der Waals surface area contributed by atoms with Gasteiger partial charge < -0.3 is 19.4 Å². The summed E-state index contributed by atoms with van der Waals surface area (Å²) in [5.74, 6) is 0.218. The van der Waals surface area contributed by atoms with E-state index in [1.807, 2.05) is 96.6 Å². The van der Waals surface area contributed by atoms with Crippen LogP contribution in [0.4, 0.5) is 0 Å². The summed E-state index contributed by atoms with van der Waals surface area (Å²) in [7, 11) is 0. The van der Waals surface area contributed by atoms with Crippen LogP contribution in [0.25, 0.3) is 17.0 Å². The molecule has 1 amide bonds. The molecule has 4 rings (SSSR count). The Hall–Kier alpha value is -4.32. The molecule has 6 heteroatoms. The number of aromatic nitrogens is 1. The van der Waals surface area contributed by atoms with Gasteiger partial charge in [-0.05, 0) is 49.6 Å². The van der Waals surface area contributed by atoms with Gasteiger partial charge in [0, 0.05) is 35.8 Å². The van der Waals surface area contributed by atoms with E-state index in [0.29, 0.717) is 25.5 Å². The summed E-state index contributed by atoms with van der Waals surface area (Å²) in [6, 6.07) is 25.4. The number of carbonyl (C=O) groups excluding carboxylic acids is 2. The predicted molar refractivity (Wildman–Crippen MR) is 146 cm³/mol. The summed E-state index contributed by atoms with van der Waals surface area (Å²) in [5.41, 5.74) is 3.91. The standard InChI is InChI=1S/C31H32N2O4/c1-3-36-30(34)17-14-26-21-33(23(2)31(35)32-19-18-24-10-6-4-7-11-24)29-20-27(15-16-28(26)29)37-22-25-12-8-5-9-13-25/h4-17,20-21,23H,3,18-19,22H2,1-2H3,(H,32,35). The minimum atomic E-state index is -0.465. The number of ether oxygens (including phenoxy) is 2. The van der Waals surface area contributed by atoms with Gasteiger partial charge in [-0.1, -0.05) is 60.7 Å². The van der Waals surface area contributed by atoms with Crippen LogP contribution in [-0.4, -0.2) is 29.6 Å². The van der Waals surface area contributed by atoms with Crippen molar-refractivity contribution in [3.05, 3.63) is 108 Å². The van der Waals surface area contributed by atoms with Gasteiger partial charge >= 0.3 is 5.97 Å². The van der Waals surface area contributed by atoms with Crippen molar-refractivity contribution >= 4 is 28.9 Å². The average Bonchev–Trinajstić information content (AvgIpc) is 3.29. The molecule has 0 radical (unpaired) electrons. The molecule has 0 bridgehead atoms. The van der Waals surface area contributed by atoms with E-state index in [9.17, 15) is 9.59 Å². The van der Waals surface area contributed by atoms with E-state index in [0.717, 1.165) is 28.5 Å². The highest BCUT2D eigenvalue weighted by atomic mass is 16.5. The van der Waals surface area contributed by atoms with Crippen LogP contribution in [0.15, 0.2) is 91.1 Å². The number of nitrogens with one attached hydrogen (secondary N) is 1. The normalized spacial score (nSPS) is 11.9. The zero-order valence-electron chi connectivity index (χ0n) is 21.2. The van der Waals surface area contributed by atoms with Crippen LogP contribution in [0.1, 0.15) is 36.6 Å². The van der Waals surface area contributed by atoms with Gasteiger partial charge in [-0.2, -0.15) is 0 Å². The molecule has 0 spiro atoms. The highest BCUT2D eigenvalue weighted by molar-refractivity contribution is 5.96. The molecule has 0 aliphatic rings. The number of fused-ring (bicyclic) bond motifs is 1. The number of carbonyl (C=O) groups is 2.